The minimum Gasteiger partial charge on any atom is -0.314 e. The molecule has 0 fully saturated rings. The van der Waals surface area contributed by atoms with Crippen molar-refractivity contribution in [1.29, 1.82) is 0 Å². The lowest BCUT2D eigenvalue weighted by Gasteiger charge is -2.20. The summed E-state index contributed by atoms with van der Waals surface area (Å²) in [5.74, 6) is 0. The predicted molar refractivity (Wildman–Crippen MR) is 81.9 cm³/mol. The standard InChI is InChI=1S/C14H27ClN4/c1-6-8-16-12(7-9-18(3)4)10-13-11(2)17-19(5)14(13)15/h12,16H,6-10H2,1-5H3. The van der Waals surface area contributed by atoms with Gasteiger partial charge >= 0.3 is 0 Å². The fourth-order valence-corrected chi connectivity index (χ4v) is 2.44. The van der Waals surface area contributed by atoms with Crippen molar-refractivity contribution < 1.29 is 0 Å². The van der Waals surface area contributed by atoms with E-state index in [4.69, 9.17) is 11.6 Å². The number of hydrogen-bond donors (Lipinski definition) is 1. The van der Waals surface area contributed by atoms with Crippen LogP contribution in [-0.4, -0.2) is 47.9 Å². The molecule has 1 unspecified atom stereocenters. The summed E-state index contributed by atoms with van der Waals surface area (Å²) in [6.07, 6.45) is 3.22. The maximum Gasteiger partial charge on any atom is 0.130 e. The lowest BCUT2D eigenvalue weighted by atomic mass is 10.0. The zero-order valence-electron chi connectivity index (χ0n) is 12.8. The summed E-state index contributed by atoms with van der Waals surface area (Å²) < 4.78 is 1.76. The van der Waals surface area contributed by atoms with Crippen molar-refractivity contribution >= 4 is 11.6 Å². The minimum atomic E-state index is 0.461. The SMILES string of the molecule is CCCNC(CCN(C)C)Cc1c(C)nn(C)c1Cl. The first-order valence-corrected chi connectivity index (χ1v) is 7.39. The van der Waals surface area contributed by atoms with E-state index < -0.39 is 0 Å². The van der Waals surface area contributed by atoms with Gasteiger partial charge in [-0.25, -0.2) is 0 Å². The quantitative estimate of drug-likeness (QED) is 0.796. The van der Waals surface area contributed by atoms with Crippen molar-refractivity contribution in [3.8, 4) is 0 Å². The van der Waals surface area contributed by atoms with E-state index in [-0.39, 0.29) is 0 Å². The highest BCUT2D eigenvalue weighted by atomic mass is 35.5. The van der Waals surface area contributed by atoms with Gasteiger partial charge in [-0.2, -0.15) is 5.10 Å². The van der Waals surface area contributed by atoms with Crippen LogP contribution < -0.4 is 5.32 Å². The smallest absolute Gasteiger partial charge is 0.130 e. The Bertz CT molecular complexity index is 387. The van der Waals surface area contributed by atoms with Crippen LogP contribution in [0.2, 0.25) is 5.15 Å². The molecular weight excluding hydrogens is 260 g/mol. The predicted octanol–water partition coefficient (Wildman–Crippen LogP) is 2.24. The summed E-state index contributed by atoms with van der Waals surface area (Å²) in [5, 5.41) is 8.77. The molecule has 0 bridgehead atoms. The van der Waals surface area contributed by atoms with E-state index in [0.717, 1.165) is 43.2 Å². The van der Waals surface area contributed by atoms with Crippen molar-refractivity contribution in [3.63, 3.8) is 0 Å². The molecule has 1 atom stereocenters. The molecule has 19 heavy (non-hydrogen) atoms. The van der Waals surface area contributed by atoms with Crippen molar-refractivity contribution in [1.82, 2.24) is 20.0 Å². The van der Waals surface area contributed by atoms with Gasteiger partial charge in [0.25, 0.3) is 0 Å². The molecule has 0 saturated carbocycles. The average molecular weight is 287 g/mol. The Balaban J connectivity index is 2.69. The number of rotatable bonds is 8. The van der Waals surface area contributed by atoms with Crippen LogP contribution in [0.3, 0.4) is 0 Å². The highest BCUT2D eigenvalue weighted by Crippen LogP contribution is 2.21. The van der Waals surface area contributed by atoms with Crippen LogP contribution in [0.15, 0.2) is 0 Å². The van der Waals surface area contributed by atoms with Crippen LogP contribution in [0, 0.1) is 6.92 Å². The largest absolute Gasteiger partial charge is 0.314 e. The Morgan fingerprint density at radius 2 is 2.11 bits per heavy atom. The Labute approximate surface area is 122 Å². The fourth-order valence-electron chi connectivity index (χ4n) is 2.19. The first-order valence-electron chi connectivity index (χ1n) is 7.01. The second kappa shape index (κ2) is 7.88. The zero-order valence-corrected chi connectivity index (χ0v) is 13.6. The molecular formula is C14H27ClN4. The van der Waals surface area contributed by atoms with Crippen LogP contribution in [-0.2, 0) is 13.5 Å². The van der Waals surface area contributed by atoms with E-state index in [0.29, 0.717) is 6.04 Å². The van der Waals surface area contributed by atoms with Crippen LogP contribution in [0.4, 0.5) is 0 Å². The van der Waals surface area contributed by atoms with Crippen molar-refractivity contribution in [2.45, 2.75) is 39.2 Å². The third-order valence-corrected chi connectivity index (χ3v) is 3.80. The summed E-state index contributed by atoms with van der Waals surface area (Å²) in [6, 6.07) is 0.461. The molecule has 1 aromatic heterocycles. The van der Waals surface area contributed by atoms with Gasteiger partial charge in [-0.15, -0.1) is 0 Å². The lowest BCUT2D eigenvalue weighted by molar-refractivity contribution is 0.356. The molecule has 4 nitrogen and oxygen atoms in total. The van der Waals surface area contributed by atoms with Crippen molar-refractivity contribution in [2.75, 3.05) is 27.2 Å². The number of nitrogens with zero attached hydrogens (tertiary/aromatic N) is 3. The van der Waals surface area contributed by atoms with E-state index in [2.05, 4.69) is 36.3 Å². The van der Waals surface area contributed by atoms with Gasteiger partial charge < -0.3 is 10.2 Å². The normalized spacial score (nSPS) is 13.2. The van der Waals surface area contributed by atoms with E-state index in [9.17, 15) is 0 Å². The number of aromatic nitrogens is 2. The highest BCUT2D eigenvalue weighted by Gasteiger charge is 2.16. The van der Waals surface area contributed by atoms with Gasteiger partial charge in [0, 0.05) is 18.7 Å². The minimum absolute atomic E-state index is 0.461. The van der Waals surface area contributed by atoms with Crippen LogP contribution in [0.1, 0.15) is 31.0 Å². The van der Waals surface area contributed by atoms with E-state index in [1.54, 1.807) is 4.68 Å². The molecule has 1 heterocycles. The number of halogens is 1. The third-order valence-electron chi connectivity index (χ3n) is 3.33. The Morgan fingerprint density at radius 3 is 2.58 bits per heavy atom. The van der Waals surface area contributed by atoms with Gasteiger partial charge in [0.1, 0.15) is 5.15 Å². The zero-order chi connectivity index (χ0) is 14.4. The van der Waals surface area contributed by atoms with Crippen molar-refractivity contribution in [2.24, 2.45) is 7.05 Å². The lowest BCUT2D eigenvalue weighted by Crippen LogP contribution is -2.34. The maximum absolute atomic E-state index is 6.32. The van der Waals surface area contributed by atoms with Crippen LogP contribution in [0.25, 0.3) is 0 Å². The van der Waals surface area contributed by atoms with E-state index in [1.165, 1.54) is 5.56 Å². The van der Waals surface area contributed by atoms with Crippen LogP contribution in [0.5, 0.6) is 0 Å². The van der Waals surface area contributed by atoms with Gasteiger partial charge in [-0.05, 0) is 53.4 Å². The van der Waals surface area contributed by atoms with Crippen molar-refractivity contribution in [3.05, 3.63) is 16.4 Å². The number of aryl methyl sites for hydroxylation is 2. The molecule has 0 radical (unpaired) electrons. The molecule has 1 rings (SSSR count). The molecule has 0 spiro atoms. The average Bonchev–Trinajstić information content (AvgIpc) is 2.58. The number of nitrogens with one attached hydrogen (secondary N) is 1. The summed E-state index contributed by atoms with van der Waals surface area (Å²) >= 11 is 6.32. The Kier molecular flexibility index (Phi) is 6.83. The maximum atomic E-state index is 6.32. The first-order chi connectivity index (χ1) is 8.95. The monoisotopic (exact) mass is 286 g/mol. The van der Waals surface area contributed by atoms with E-state index in [1.807, 2.05) is 14.0 Å². The van der Waals surface area contributed by atoms with Gasteiger partial charge in [0.15, 0.2) is 0 Å². The van der Waals surface area contributed by atoms with Gasteiger partial charge in [0.2, 0.25) is 0 Å². The highest BCUT2D eigenvalue weighted by molar-refractivity contribution is 6.30. The molecule has 0 saturated heterocycles. The van der Waals surface area contributed by atoms with Gasteiger partial charge in [-0.3, -0.25) is 4.68 Å². The second-order valence-corrected chi connectivity index (χ2v) is 5.78. The topological polar surface area (TPSA) is 33.1 Å². The summed E-state index contributed by atoms with van der Waals surface area (Å²) in [5.41, 5.74) is 2.22. The summed E-state index contributed by atoms with van der Waals surface area (Å²) in [7, 11) is 6.12. The summed E-state index contributed by atoms with van der Waals surface area (Å²) in [4.78, 5) is 2.22. The molecule has 0 aliphatic carbocycles. The van der Waals surface area contributed by atoms with Gasteiger partial charge in [-0.1, -0.05) is 18.5 Å². The third kappa shape index (κ3) is 5.13. The second-order valence-electron chi connectivity index (χ2n) is 5.43. The number of hydrogen-bond acceptors (Lipinski definition) is 3. The molecule has 0 amide bonds. The van der Waals surface area contributed by atoms with Crippen LogP contribution >= 0.6 is 11.6 Å². The van der Waals surface area contributed by atoms with Gasteiger partial charge in [0.05, 0.1) is 5.69 Å². The molecule has 0 aromatic carbocycles. The summed E-state index contributed by atoms with van der Waals surface area (Å²) in [6.45, 7) is 6.36. The molecule has 110 valence electrons. The molecule has 0 aliphatic rings. The molecule has 5 heteroatoms. The first kappa shape index (κ1) is 16.5. The Morgan fingerprint density at radius 1 is 1.42 bits per heavy atom. The Hall–Kier alpha value is -0.580. The fraction of sp³-hybridized carbons (Fsp3) is 0.786. The molecule has 0 aliphatic heterocycles. The van der Waals surface area contributed by atoms with E-state index >= 15 is 0 Å². The molecule has 1 N–H and O–H groups in total. The molecule has 1 aromatic rings.